The van der Waals surface area contributed by atoms with Crippen LogP contribution in [0.15, 0.2) is 16.7 Å². The van der Waals surface area contributed by atoms with Gasteiger partial charge in [-0.05, 0) is 19.9 Å². The average molecular weight is 262 g/mol. The third-order valence-corrected chi connectivity index (χ3v) is 3.94. The number of carbonyl (C=O) groups is 1. The number of hydrogen-bond acceptors (Lipinski definition) is 5. The fourth-order valence-corrected chi connectivity index (χ4v) is 2.99. The summed E-state index contributed by atoms with van der Waals surface area (Å²) >= 11 is 0. The van der Waals surface area contributed by atoms with Crippen molar-refractivity contribution >= 4 is 13.6 Å². The van der Waals surface area contributed by atoms with Gasteiger partial charge in [-0.1, -0.05) is 0 Å². The Bertz CT molecular complexity index is 414. The highest BCUT2D eigenvalue weighted by molar-refractivity contribution is 7.53. The minimum Gasteiger partial charge on any atom is -0.478 e. The minimum absolute atomic E-state index is 0.0235. The molecule has 0 aliphatic heterocycles. The Morgan fingerprint density at radius 1 is 1.41 bits per heavy atom. The normalized spacial score (nSPS) is 11.6. The predicted octanol–water partition coefficient (Wildman–Crippen LogP) is 2.74. The van der Waals surface area contributed by atoms with E-state index in [-0.39, 0.29) is 30.7 Å². The maximum absolute atomic E-state index is 12.2. The first kappa shape index (κ1) is 14.0. The van der Waals surface area contributed by atoms with E-state index in [9.17, 15) is 9.36 Å². The van der Waals surface area contributed by atoms with Crippen LogP contribution in [0.25, 0.3) is 0 Å². The van der Waals surface area contributed by atoms with Crippen molar-refractivity contribution in [3.8, 4) is 0 Å². The van der Waals surface area contributed by atoms with E-state index in [0.717, 1.165) is 0 Å². The van der Waals surface area contributed by atoms with Crippen LogP contribution >= 0.6 is 7.60 Å². The van der Waals surface area contributed by atoms with Gasteiger partial charge >= 0.3 is 13.6 Å². The predicted molar refractivity (Wildman–Crippen MR) is 60.2 cm³/mol. The van der Waals surface area contributed by atoms with Crippen LogP contribution in [0.4, 0.5) is 0 Å². The van der Waals surface area contributed by atoms with E-state index in [2.05, 4.69) is 0 Å². The molecular formula is C10H15O6P. The molecule has 0 radical (unpaired) electrons. The van der Waals surface area contributed by atoms with E-state index in [0.29, 0.717) is 0 Å². The number of carboxylic acid groups (broad SMARTS) is 1. The molecule has 1 heterocycles. The lowest BCUT2D eigenvalue weighted by Crippen LogP contribution is -2.03. The van der Waals surface area contributed by atoms with Gasteiger partial charge in [0.2, 0.25) is 0 Å². The van der Waals surface area contributed by atoms with Crippen molar-refractivity contribution in [1.29, 1.82) is 0 Å². The highest BCUT2D eigenvalue weighted by Gasteiger charge is 2.28. The van der Waals surface area contributed by atoms with Gasteiger partial charge in [0.25, 0.3) is 0 Å². The highest BCUT2D eigenvalue weighted by atomic mass is 31.2. The SMILES string of the molecule is CCOP(=O)(Cc1occc1C(=O)O)OCC. The van der Waals surface area contributed by atoms with Crippen molar-refractivity contribution in [3.63, 3.8) is 0 Å². The molecule has 0 spiro atoms. The standard InChI is InChI=1S/C10H15O6P/c1-3-15-17(13,16-4-2)7-9-8(10(11)12)5-6-14-9/h5-6H,3-4,7H2,1-2H3,(H,11,12). The van der Waals surface area contributed by atoms with Crippen molar-refractivity contribution in [3.05, 3.63) is 23.7 Å². The molecule has 1 N–H and O–H groups in total. The Morgan fingerprint density at radius 3 is 2.47 bits per heavy atom. The maximum atomic E-state index is 12.2. The Labute approximate surface area is 99.1 Å². The van der Waals surface area contributed by atoms with Crippen molar-refractivity contribution in [2.45, 2.75) is 20.0 Å². The summed E-state index contributed by atoms with van der Waals surface area (Å²) in [5.74, 6) is -1.03. The van der Waals surface area contributed by atoms with Gasteiger partial charge in [0, 0.05) is 0 Å². The van der Waals surface area contributed by atoms with Crippen molar-refractivity contribution in [2.75, 3.05) is 13.2 Å². The number of aromatic carboxylic acids is 1. The molecule has 0 saturated carbocycles. The number of rotatable bonds is 7. The van der Waals surface area contributed by atoms with Crippen LogP contribution in [-0.2, 0) is 19.8 Å². The zero-order valence-electron chi connectivity index (χ0n) is 9.71. The molecular weight excluding hydrogens is 247 g/mol. The Balaban J connectivity index is 2.89. The molecule has 0 aliphatic carbocycles. The summed E-state index contributed by atoms with van der Waals surface area (Å²) in [6.45, 7) is 3.82. The first-order chi connectivity index (χ1) is 8.02. The molecule has 0 saturated heterocycles. The van der Waals surface area contributed by atoms with Crippen LogP contribution < -0.4 is 0 Å². The van der Waals surface area contributed by atoms with Gasteiger partial charge in [-0.15, -0.1) is 0 Å². The van der Waals surface area contributed by atoms with Crippen molar-refractivity contribution < 1.29 is 27.9 Å². The maximum Gasteiger partial charge on any atom is 0.339 e. The molecule has 0 bridgehead atoms. The molecule has 0 aromatic carbocycles. The van der Waals surface area contributed by atoms with Gasteiger partial charge in [-0.25, -0.2) is 4.79 Å². The minimum atomic E-state index is -3.33. The second-order valence-corrected chi connectivity index (χ2v) is 5.22. The summed E-state index contributed by atoms with van der Waals surface area (Å²) in [6.07, 6.45) is 1.06. The summed E-state index contributed by atoms with van der Waals surface area (Å²) in [5, 5.41) is 8.88. The zero-order valence-corrected chi connectivity index (χ0v) is 10.6. The molecule has 96 valence electrons. The van der Waals surface area contributed by atoms with Crippen LogP contribution in [0.1, 0.15) is 30.0 Å². The van der Waals surface area contributed by atoms with E-state index in [1.807, 2.05) is 0 Å². The molecule has 1 rings (SSSR count). The molecule has 1 aromatic rings. The molecule has 0 aliphatic rings. The fraction of sp³-hybridized carbons (Fsp3) is 0.500. The van der Waals surface area contributed by atoms with E-state index in [4.69, 9.17) is 18.6 Å². The Kier molecular flexibility index (Phi) is 4.93. The summed E-state index contributed by atoms with van der Waals surface area (Å²) in [4.78, 5) is 10.9. The van der Waals surface area contributed by atoms with Gasteiger partial charge < -0.3 is 18.6 Å². The molecule has 1 aromatic heterocycles. The second kappa shape index (κ2) is 6.00. The third-order valence-electron chi connectivity index (χ3n) is 1.96. The molecule has 7 heteroatoms. The monoisotopic (exact) mass is 262 g/mol. The van der Waals surface area contributed by atoms with Crippen LogP contribution in [0.5, 0.6) is 0 Å². The number of furan rings is 1. The smallest absolute Gasteiger partial charge is 0.339 e. The zero-order chi connectivity index (χ0) is 12.9. The molecule has 0 amide bonds. The lowest BCUT2D eigenvalue weighted by Gasteiger charge is -2.15. The van der Waals surface area contributed by atoms with Crippen LogP contribution in [0.2, 0.25) is 0 Å². The summed E-state index contributed by atoms with van der Waals surface area (Å²) in [5.41, 5.74) is -0.0235. The first-order valence-electron chi connectivity index (χ1n) is 5.20. The summed E-state index contributed by atoms with van der Waals surface area (Å²) in [7, 11) is -3.33. The molecule has 0 atom stereocenters. The van der Waals surface area contributed by atoms with E-state index in [1.54, 1.807) is 13.8 Å². The number of hydrogen-bond donors (Lipinski definition) is 1. The lowest BCUT2D eigenvalue weighted by molar-refractivity contribution is 0.0695. The highest BCUT2D eigenvalue weighted by Crippen LogP contribution is 2.51. The Morgan fingerprint density at radius 2 is 2.00 bits per heavy atom. The molecule has 0 fully saturated rings. The van der Waals surface area contributed by atoms with Crippen LogP contribution in [0, 0.1) is 0 Å². The molecule has 0 unspecified atom stereocenters. The Hall–Kier alpha value is -1.10. The topological polar surface area (TPSA) is 86.0 Å². The van der Waals surface area contributed by atoms with E-state index < -0.39 is 13.6 Å². The lowest BCUT2D eigenvalue weighted by atomic mass is 10.3. The number of carboxylic acids is 1. The molecule has 6 nitrogen and oxygen atoms in total. The van der Waals surface area contributed by atoms with Crippen molar-refractivity contribution in [1.82, 2.24) is 0 Å². The summed E-state index contributed by atoms with van der Waals surface area (Å²) < 4.78 is 27.3. The average Bonchev–Trinajstić information content (AvgIpc) is 2.66. The van der Waals surface area contributed by atoms with Gasteiger partial charge in [-0.3, -0.25) is 4.57 Å². The van der Waals surface area contributed by atoms with Crippen molar-refractivity contribution in [2.24, 2.45) is 0 Å². The van der Waals surface area contributed by atoms with Gasteiger partial charge in [0.05, 0.1) is 19.5 Å². The largest absolute Gasteiger partial charge is 0.478 e. The van der Waals surface area contributed by atoms with Gasteiger partial charge in [0.1, 0.15) is 17.5 Å². The van der Waals surface area contributed by atoms with Gasteiger partial charge in [-0.2, -0.15) is 0 Å². The van der Waals surface area contributed by atoms with Crippen LogP contribution in [-0.4, -0.2) is 24.3 Å². The first-order valence-corrected chi connectivity index (χ1v) is 6.93. The van der Waals surface area contributed by atoms with Gasteiger partial charge in [0.15, 0.2) is 0 Å². The second-order valence-electron chi connectivity index (χ2n) is 3.17. The van der Waals surface area contributed by atoms with E-state index >= 15 is 0 Å². The molecule has 17 heavy (non-hydrogen) atoms. The quantitative estimate of drug-likeness (QED) is 0.760. The fourth-order valence-electron chi connectivity index (χ4n) is 1.35. The third kappa shape index (κ3) is 3.70. The van der Waals surface area contributed by atoms with Crippen LogP contribution in [0.3, 0.4) is 0 Å². The van der Waals surface area contributed by atoms with E-state index in [1.165, 1.54) is 12.3 Å². The summed E-state index contributed by atoms with van der Waals surface area (Å²) in [6, 6.07) is 1.31.